The Labute approximate surface area is 189 Å². The summed E-state index contributed by atoms with van der Waals surface area (Å²) in [5, 5.41) is 13.8. The number of anilines is 1. The fourth-order valence-corrected chi connectivity index (χ4v) is 3.92. The van der Waals surface area contributed by atoms with Gasteiger partial charge in [-0.05, 0) is 47.4 Å². The summed E-state index contributed by atoms with van der Waals surface area (Å²) < 4.78 is 19.0. The van der Waals surface area contributed by atoms with E-state index in [0.717, 1.165) is 40.5 Å². The lowest BCUT2D eigenvalue weighted by molar-refractivity contribution is -0.117. The van der Waals surface area contributed by atoms with Gasteiger partial charge in [-0.1, -0.05) is 48.5 Å². The molecule has 33 heavy (non-hydrogen) atoms. The summed E-state index contributed by atoms with van der Waals surface area (Å²) in [7, 11) is 0. The number of nitrogens with one attached hydrogen (secondary N) is 2. The van der Waals surface area contributed by atoms with Crippen LogP contribution in [0.15, 0.2) is 66.7 Å². The number of amides is 2. The molecule has 0 saturated carbocycles. The number of hydrogen-bond donors (Lipinski definition) is 3. The lowest BCUT2D eigenvalue weighted by Crippen LogP contribution is -2.42. The fraction of sp³-hybridized carbons (Fsp3) is 0.160. The monoisotopic (exact) mass is 448 g/mol. The van der Waals surface area contributed by atoms with Gasteiger partial charge in [-0.15, -0.1) is 0 Å². The number of aromatic carboxylic acids is 1. The van der Waals surface area contributed by atoms with Crippen LogP contribution in [0.1, 0.15) is 34.3 Å². The molecule has 0 saturated heterocycles. The maximum Gasteiger partial charge on any atom is 0.407 e. The average Bonchev–Trinajstić information content (AvgIpc) is 3.11. The molecular weight excluding hydrogens is 427 g/mol. The van der Waals surface area contributed by atoms with Crippen molar-refractivity contribution in [1.82, 2.24) is 5.32 Å². The van der Waals surface area contributed by atoms with Crippen LogP contribution in [0.5, 0.6) is 0 Å². The Morgan fingerprint density at radius 3 is 2.21 bits per heavy atom. The van der Waals surface area contributed by atoms with E-state index in [1.54, 1.807) is 0 Å². The number of carboxylic acids is 1. The van der Waals surface area contributed by atoms with Crippen molar-refractivity contribution in [3.63, 3.8) is 0 Å². The van der Waals surface area contributed by atoms with E-state index in [1.165, 1.54) is 6.92 Å². The van der Waals surface area contributed by atoms with E-state index in [9.17, 15) is 18.8 Å². The smallest absolute Gasteiger partial charge is 0.407 e. The molecule has 1 unspecified atom stereocenters. The van der Waals surface area contributed by atoms with E-state index < -0.39 is 29.8 Å². The molecule has 0 aliphatic heterocycles. The summed E-state index contributed by atoms with van der Waals surface area (Å²) in [6, 6.07) is 17.8. The first-order chi connectivity index (χ1) is 15.8. The minimum atomic E-state index is -1.32. The third-order valence-electron chi connectivity index (χ3n) is 5.48. The predicted molar refractivity (Wildman–Crippen MR) is 120 cm³/mol. The van der Waals surface area contributed by atoms with Crippen LogP contribution in [0, 0.1) is 5.82 Å². The molecule has 3 aromatic rings. The highest BCUT2D eigenvalue weighted by Crippen LogP contribution is 2.44. The van der Waals surface area contributed by atoms with E-state index in [2.05, 4.69) is 10.6 Å². The highest BCUT2D eigenvalue weighted by molar-refractivity contribution is 5.97. The van der Waals surface area contributed by atoms with Crippen LogP contribution in [-0.4, -0.2) is 35.7 Å². The molecule has 3 N–H and O–H groups in total. The van der Waals surface area contributed by atoms with Gasteiger partial charge in [0.2, 0.25) is 5.91 Å². The second-order valence-electron chi connectivity index (χ2n) is 7.71. The van der Waals surface area contributed by atoms with Crippen LogP contribution in [0.25, 0.3) is 11.1 Å². The van der Waals surface area contributed by atoms with Gasteiger partial charge in [0.05, 0.1) is 5.56 Å². The Morgan fingerprint density at radius 1 is 1.00 bits per heavy atom. The van der Waals surface area contributed by atoms with Crippen LogP contribution >= 0.6 is 0 Å². The first kappa shape index (κ1) is 22.0. The lowest BCUT2D eigenvalue weighted by atomic mass is 9.98. The highest BCUT2D eigenvalue weighted by Gasteiger charge is 2.29. The van der Waals surface area contributed by atoms with Gasteiger partial charge in [-0.3, -0.25) is 4.79 Å². The second-order valence-corrected chi connectivity index (χ2v) is 7.71. The number of benzene rings is 3. The van der Waals surface area contributed by atoms with Crippen molar-refractivity contribution in [2.24, 2.45) is 0 Å². The molecule has 2 amide bonds. The van der Waals surface area contributed by atoms with E-state index in [0.29, 0.717) is 0 Å². The summed E-state index contributed by atoms with van der Waals surface area (Å²) in [5.74, 6) is -2.89. The molecule has 1 atom stereocenters. The van der Waals surface area contributed by atoms with E-state index in [4.69, 9.17) is 9.84 Å². The molecule has 0 heterocycles. The lowest BCUT2D eigenvalue weighted by Gasteiger charge is -2.17. The molecule has 3 aromatic carbocycles. The Kier molecular flexibility index (Phi) is 6.08. The molecule has 7 nitrogen and oxygen atoms in total. The van der Waals surface area contributed by atoms with E-state index in [-0.39, 0.29) is 23.8 Å². The van der Waals surface area contributed by atoms with Gasteiger partial charge in [0.25, 0.3) is 0 Å². The van der Waals surface area contributed by atoms with Gasteiger partial charge in [-0.2, -0.15) is 0 Å². The zero-order valence-corrected chi connectivity index (χ0v) is 17.7. The molecule has 4 rings (SSSR count). The molecule has 8 heteroatoms. The Morgan fingerprint density at radius 2 is 1.61 bits per heavy atom. The van der Waals surface area contributed by atoms with Crippen molar-refractivity contribution < 1.29 is 28.6 Å². The summed E-state index contributed by atoms with van der Waals surface area (Å²) in [6.45, 7) is 1.54. The van der Waals surface area contributed by atoms with Crippen molar-refractivity contribution in [3.05, 3.63) is 89.2 Å². The summed E-state index contributed by atoms with van der Waals surface area (Å²) in [6.07, 6.45) is -0.773. The Hall–Kier alpha value is -4.20. The SMILES string of the molecule is CC(NC(=O)OCC1c2ccccc2-c2ccccc21)C(=O)Nc1cc(F)cc(C(=O)O)c1. The quantitative estimate of drug-likeness (QED) is 0.519. The molecular formula is C25H21FN2O5. The predicted octanol–water partition coefficient (Wildman–Crippen LogP) is 4.39. The van der Waals surface area contributed by atoms with Crippen molar-refractivity contribution in [1.29, 1.82) is 0 Å². The van der Waals surface area contributed by atoms with Crippen LogP contribution in [-0.2, 0) is 9.53 Å². The number of carboxylic acid groups (broad SMARTS) is 1. The minimum absolute atomic E-state index is 0.0291. The van der Waals surface area contributed by atoms with Gasteiger partial charge in [0, 0.05) is 11.6 Å². The molecule has 0 spiro atoms. The molecule has 0 fully saturated rings. The van der Waals surface area contributed by atoms with Crippen molar-refractivity contribution in [3.8, 4) is 11.1 Å². The fourth-order valence-electron chi connectivity index (χ4n) is 3.92. The highest BCUT2D eigenvalue weighted by atomic mass is 19.1. The number of carbonyl (C=O) groups excluding carboxylic acids is 2. The standard InChI is InChI=1S/C25H21FN2O5/c1-14(23(29)28-17-11-15(24(30)31)10-16(26)12-17)27-25(32)33-13-22-20-8-4-2-6-18(20)19-7-3-5-9-21(19)22/h2-12,14,22H,13H2,1H3,(H,27,32)(H,28,29)(H,30,31). The Bertz CT molecular complexity index is 1200. The average molecular weight is 448 g/mol. The van der Waals surface area contributed by atoms with E-state index in [1.807, 2.05) is 48.5 Å². The van der Waals surface area contributed by atoms with Gasteiger partial charge >= 0.3 is 12.1 Å². The number of alkyl carbamates (subject to hydrolysis) is 1. The van der Waals surface area contributed by atoms with Crippen molar-refractivity contribution in [2.45, 2.75) is 18.9 Å². The van der Waals surface area contributed by atoms with Crippen LogP contribution in [0.2, 0.25) is 0 Å². The number of rotatable bonds is 6. The van der Waals surface area contributed by atoms with Gasteiger partial charge in [0.1, 0.15) is 18.5 Å². The number of ether oxygens (including phenoxy) is 1. The largest absolute Gasteiger partial charge is 0.478 e. The first-order valence-electron chi connectivity index (χ1n) is 10.3. The number of hydrogen-bond acceptors (Lipinski definition) is 4. The normalized spacial score (nSPS) is 12.9. The minimum Gasteiger partial charge on any atom is -0.478 e. The van der Waals surface area contributed by atoms with Gasteiger partial charge < -0.3 is 20.5 Å². The molecule has 168 valence electrons. The maximum atomic E-state index is 13.6. The van der Waals surface area contributed by atoms with Crippen LogP contribution < -0.4 is 10.6 Å². The zero-order valence-electron chi connectivity index (χ0n) is 17.7. The van der Waals surface area contributed by atoms with Crippen molar-refractivity contribution >= 4 is 23.7 Å². The summed E-state index contributed by atoms with van der Waals surface area (Å²) in [5.41, 5.74) is 4.01. The van der Waals surface area contributed by atoms with Crippen LogP contribution in [0.4, 0.5) is 14.9 Å². The summed E-state index contributed by atoms with van der Waals surface area (Å²) >= 11 is 0. The molecule has 0 radical (unpaired) electrons. The third-order valence-corrected chi connectivity index (χ3v) is 5.48. The number of fused-ring (bicyclic) bond motifs is 3. The molecule has 1 aliphatic rings. The zero-order chi connectivity index (χ0) is 23.5. The summed E-state index contributed by atoms with van der Waals surface area (Å²) in [4.78, 5) is 35.8. The van der Waals surface area contributed by atoms with Gasteiger partial charge in [-0.25, -0.2) is 14.0 Å². The van der Waals surface area contributed by atoms with Crippen LogP contribution in [0.3, 0.4) is 0 Å². The molecule has 1 aliphatic carbocycles. The maximum absolute atomic E-state index is 13.6. The molecule has 0 bridgehead atoms. The van der Waals surface area contributed by atoms with E-state index >= 15 is 0 Å². The third kappa shape index (κ3) is 4.69. The molecule has 0 aromatic heterocycles. The number of halogens is 1. The van der Waals surface area contributed by atoms with Crippen molar-refractivity contribution in [2.75, 3.05) is 11.9 Å². The second kappa shape index (κ2) is 9.12. The Balaban J connectivity index is 1.37. The first-order valence-corrected chi connectivity index (χ1v) is 10.3. The van der Waals surface area contributed by atoms with Gasteiger partial charge in [0.15, 0.2) is 0 Å². The topological polar surface area (TPSA) is 105 Å². The number of carbonyl (C=O) groups is 3.